The molecule has 1 aliphatic heterocycles. The highest BCUT2D eigenvalue weighted by molar-refractivity contribution is 7.89. The Morgan fingerprint density at radius 2 is 2.12 bits per heavy atom. The SMILES string of the molecule is O=C(O)c1ccc(S(=O)(=O)NC[C@H]2CCCO2)c(OC(F)(F)F)c1. The lowest BCUT2D eigenvalue weighted by molar-refractivity contribution is -0.275. The molecule has 0 unspecified atom stereocenters. The number of alkyl halides is 3. The number of halogens is 3. The standard InChI is InChI=1S/C13H14F3NO6S/c14-13(15,16)23-10-6-8(12(18)19)3-4-11(10)24(20,21)17-7-9-2-1-5-22-9/h3-4,6,9,17H,1-2,5,7H2,(H,18,19)/t9-/m1/s1. The summed E-state index contributed by atoms with van der Waals surface area (Å²) < 4.78 is 72.9. The monoisotopic (exact) mass is 369 g/mol. The Bertz CT molecular complexity index is 713. The van der Waals surface area contributed by atoms with Gasteiger partial charge in [-0.2, -0.15) is 0 Å². The molecule has 24 heavy (non-hydrogen) atoms. The Kier molecular flexibility index (Phi) is 5.35. The van der Waals surface area contributed by atoms with E-state index in [1.54, 1.807) is 0 Å². The molecule has 0 aliphatic carbocycles. The highest BCUT2D eigenvalue weighted by Gasteiger charge is 2.34. The Morgan fingerprint density at radius 1 is 1.42 bits per heavy atom. The van der Waals surface area contributed by atoms with E-state index in [1.165, 1.54) is 0 Å². The summed E-state index contributed by atoms with van der Waals surface area (Å²) in [5, 5.41) is 8.83. The number of benzene rings is 1. The molecule has 0 aromatic heterocycles. The Balaban J connectivity index is 2.30. The first-order valence-corrected chi connectivity index (χ1v) is 8.31. The van der Waals surface area contributed by atoms with Crippen molar-refractivity contribution in [1.29, 1.82) is 0 Å². The molecule has 0 saturated carbocycles. The van der Waals surface area contributed by atoms with Gasteiger partial charge in [0.15, 0.2) is 0 Å². The molecule has 0 bridgehead atoms. The van der Waals surface area contributed by atoms with Crippen molar-refractivity contribution in [3.8, 4) is 5.75 Å². The Hall–Kier alpha value is -1.85. The van der Waals surface area contributed by atoms with E-state index in [1.807, 2.05) is 0 Å². The molecular weight excluding hydrogens is 355 g/mol. The topological polar surface area (TPSA) is 102 Å². The molecule has 1 aromatic carbocycles. The first-order chi connectivity index (χ1) is 11.1. The molecule has 11 heteroatoms. The third kappa shape index (κ3) is 4.82. The molecule has 1 atom stereocenters. The molecule has 0 amide bonds. The molecule has 134 valence electrons. The predicted octanol–water partition coefficient (Wildman–Crippen LogP) is 1.74. The largest absolute Gasteiger partial charge is 0.573 e. The minimum atomic E-state index is -5.17. The average molecular weight is 369 g/mol. The van der Waals surface area contributed by atoms with E-state index in [0.29, 0.717) is 19.1 Å². The van der Waals surface area contributed by atoms with Crippen molar-refractivity contribution in [2.45, 2.75) is 30.2 Å². The van der Waals surface area contributed by atoms with Crippen LogP contribution in [0.15, 0.2) is 23.1 Å². The van der Waals surface area contributed by atoms with Crippen LogP contribution in [-0.2, 0) is 14.8 Å². The van der Waals surface area contributed by atoms with Crippen LogP contribution in [0, 0.1) is 0 Å². The first-order valence-electron chi connectivity index (χ1n) is 6.83. The number of nitrogens with one attached hydrogen (secondary N) is 1. The number of ether oxygens (including phenoxy) is 2. The fourth-order valence-electron chi connectivity index (χ4n) is 2.15. The van der Waals surface area contributed by atoms with E-state index in [4.69, 9.17) is 9.84 Å². The zero-order chi connectivity index (χ0) is 18.0. The molecule has 0 spiro atoms. The first kappa shape index (κ1) is 18.5. The van der Waals surface area contributed by atoms with Crippen LogP contribution in [-0.4, -0.2) is 45.1 Å². The second kappa shape index (κ2) is 6.95. The van der Waals surface area contributed by atoms with Crippen LogP contribution in [0.4, 0.5) is 13.2 Å². The van der Waals surface area contributed by atoms with Gasteiger partial charge >= 0.3 is 12.3 Å². The van der Waals surface area contributed by atoms with Gasteiger partial charge in [0.2, 0.25) is 10.0 Å². The van der Waals surface area contributed by atoms with Gasteiger partial charge in [0.25, 0.3) is 0 Å². The summed E-state index contributed by atoms with van der Waals surface area (Å²) in [5.74, 6) is -2.62. The lowest BCUT2D eigenvalue weighted by atomic mass is 10.2. The van der Waals surface area contributed by atoms with E-state index in [9.17, 15) is 26.4 Å². The fourth-order valence-corrected chi connectivity index (χ4v) is 3.33. The molecule has 1 fully saturated rings. The van der Waals surface area contributed by atoms with Crippen LogP contribution in [0.2, 0.25) is 0 Å². The highest BCUT2D eigenvalue weighted by Crippen LogP contribution is 2.30. The summed E-state index contributed by atoms with van der Waals surface area (Å²) in [5.41, 5.74) is -0.535. The quantitative estimate of drug-likeness (QED) is 0.792. The van der Waals surface area contributed by atoms with Crippen LogP contribution in [0.5, 0.6) is 5.75 Å². The summed E-state index contributed by atoms with van der Waals surface area (Å²) in [6, 6.07) is 2.14. The number of hydrogen-bond acceptors (Lipinski definition) is 5. The van der Waals surface area contributed by atoms with Gasteiger partial charge in [0.05, 0.1) is 11.7 Å². The summed E-state index contributed by atoms with van der Waals surface area (Å²) in [4.78, 5) is 10.1. The zero-order valence-electron chi connectivity index (χ0n) is 12.2. The predicted molar refractivity (Wildman–Crippen MR) is 74.2 cm³/mol. The fraction of sp³-hybridized carbons (Fsp3) is 0.462. The van der Waals surface area contributed by atoms with Crippen molar-refractivity contribution in [2.24, 2.45) is 0 Å². The number of hydrogen-bond donors (Lipinski definition) is 2. The van der Waals surface area contributed by atoms with Gasteiger partial charge < -0.3 is 14.6 Å². The van der Waals surface area contributed by atoms with Crippen molar-refractivity contribution < 1.29 is 41.0 Å². The Morgan fingerprint density at radius 3 is 2.67 bits per heavy atom. The van der Waals surface area contributed by atoms with Gasteiger partial charge in [-0.25, -0.2) is 17.9 Å². The van der Waals surface area contributed by atoms with Gasteiger partial charge in [-0.3, -0.25) is 0 Å². The minimum absolute atomic E-state index is 0.103. The van der Waals surface area contributed by atoms with Crippen LogP contribution in [0.1, 0.15) is 23.2 Å². The van der Waals surface area contributed by atoms with E-state index >= 15 is 0 Å². The zero-order valence-corrected chi connectivity index (χ0v) is 13.0. The molecule has 0 radical (unpaired) electrons. The van der Waals surface area contributed by atoms with Crippen molar-refractivity contribution in [3.05, 3.63) is 23.8 Å². The van der Waals surface area contributed by atoms with E-state index < -0.39 is 38.6 Å². The molecule has 1 aromatic rings. The maximum atomic E-state index is 12.5. The van der Waals surface area contributed by atoms with Gasteiger partial charge in [-0.05, 0) is 31.0 Å². The molecule has 2 rings (SSSR count). The maximum absolute atomic E-state index is 12.5. The third-order valence-electron chi connectivity index (χ3n) is 3.23. The van der Waals surface area contributed by atoms with Crippen LogP contribution in [0.3, 0.4) is 0 Å². The van der Waals surface area contributed by atoms with E-state index in [-0.39, 0.29) is 12.6 Å². The lowest BCUT2D eigenvalue weighted by Gasteiger charge is -2.16. The number of aromatic carboxylic acids is 1. The molecule has 2 N–H and O–H groups in total. The van der Waals surface area contributed by atoms with Crippen LogP contribution >= 0.6 is 0 Å². The van der Waals surface area contributed by atoms with Crippen molar-refractivity contribution in [3.63, 3.8) is 0 Å². The van der Waals surface area contributed by atoms with Crippen LogP contribution < -0.4 is 9.46 Å². The molecule has 7 nitrogen and oxygen atoms in total. The normalized spacial score (nSPS) is 18.5. The van der Waals surface area contributed by atoms with E-state index in [2.05, 4.69) is 9.46 Å². The summed E-state index contributed by atoms with van der Waals surface area (Å²) >= 11 is 0. The molecule has 1 heterocycles. The van der Waals surface area contributed by atoms with Gasteiger partial charge in [-0.15, -0.1) is 13.2 Å². The number of carbonyl (C=O) groups is 1. The van der Waals surface area contributed by atoms with Gasteiger partial charge in [0, 0.05) is 13.2 Å². The molecular formula is C13H14F3NO6S. The van der Waals surface area contributed by atoms with Crippen molar-refractivity contribution in [2.75, 3.05) is 13.2 Å². The highest BCUT2D eigenvalue weighted by atomic mass is 32.2. The maximum Gasteiger partial charge on any atom is 0.573 e. The minimum Gasteiger partial charge on any atom is -0.478 e. The van der Waals surface area contributed by atoms with Crippen molar-refractivity contribution >= 4 is 16.0 Å². The summed E-state index contributed by atoms with van der Waals surface area (Å²) in [6.07, 6.45) is -4.13. The number of sulfonamides is 1. The smallest absolute Gasteiger partial charge is 0.478 e. The van der Waals surface area contributed by atoms with Crippen LogP contribution in [0.25, 0.3) is 0 Å². The average Bonchev–Trinajstić information content (AvgIpc) is 2.96. The summed E-state index contributed by atoms with van der Waals surface area (Å²) in [7, 11) is -4.34. The summed E-state index contributed by atoms with van der Waals surface area (Å²) in [6.45, 7) is 0.386. The number of rotatable bonds is 6. The van der Waals surface area contributed by atoms with Gasteiger partial charge in [0.1, 0.15) is 10.6 Å². The number of carboxylic acid groups (broad SMARTS) is 1. The number of carboxylic acids is 1. The Labute approximate surface area is 135 Å². The van der Waals surface area contributed by atoms with Crippen molar-refractivity contribution in [1.82, 2.24) is 4.72 Å². The lowest BCUT2D eigenvalue weighted by Crippen LogP contribution is -2.32. The molecule has 1 aliphatic rings. The van der Waals surface area contributed by atoms with E-state index in [0.717, 1.165) is 18.6 Å². The second-order valence-electron chi connectivity index (χ2n) is 5.00. The molecule has 1 saturated heterocycles. The second-order valence-corrected chi connectivity index (χ2v) is 6.74. The third-order valence-corrected chi connectivity index (χ3v) is 4.69. The van der Waals surface area contributed by atoms with Gasteiger partial charge in [-0.1, -0.05) is 0 Å².